The molecule has 0 radical (unpaired) electrons. The zero-order valence-electron chi connectivity index (χ0n) is 31.2. The number of carbonyl (C=O) groups is 3. The summed E-state index contributed by atoms with van der Waals surface area (Å²) in [4.78, 5) is 43.7. The maximum absolute atomic E-state index is 13.8. The highest BCUT2D eigenvalue weighted by molar-refractivity contribution is 6.03. The summed E-state index contributed by atoms with van der Waals surface area (Å²) in [6.45, 7) is 4.59. The van der Waals surface area contributed by atoms with Crippen molar-refractivity contribution in [1.82, 2.24) is 10.3 Å². The summed E-state index contributed by atoms with van der Waals surface area (Å²) in [5.74, 6) is -2.58. The number of ether oxygens (including phenoxy) is 2. The zero-order valence-corrected chi connectivity index (χ0v) is 31.2. The number of aliphatic carboxylic acids is 1. The molecule has 13 heteroatoms. The van der Waals surface area contributed by atoms with Crippen molar-refractivity contribution in [3.05, 3.63) is 113 Å². The summed E-state index contributed by atoms with van der Waals surface area (Å²) in [6.07, 6.45) is 6.07. The number of anilines is 2. The summed E-state index contributed by atoms with van der Waals surface area (Å²) < 4.78 is 30.2. The molecule has 0 spiro atoms. The minimum atomic E-state index is -1.09. The van der Waals surface area contributed by atoms with Crippen LogP contribution >= 0.6 is 0 Å². The van der Waals surface area contributed by atoms with E-state index in [4.69, 9.17) is 13.9 Å². The number of carboxylic acid groups (broad SMARTS) is 1. The van der Waals surface area contributed by atoms with Crippen LogP contribution in [-0.4, -0.2) is 71.0 Å². The van der Waals surface area contributed by atoms with Crippen LogP contribution in [0.25, 0.3) is 0 Å². The van der Waals surface area contributed by atoms with Gasteiger partial charge >= 0.3 is 5.97 Å². The summed E-state index contributed by atoms with van der Waals surface area (Å²) in [6, 6.07) is 21.2. The Hall–Kier alpha value is -5.11. The number of hydrogen-bond acceptors (Lipinski definition) is 9. The van der Waals surface area contributed by atoms with E-state index in [0.717, 1.165) is 35.2 Å². The van der Waals surface area contributed by atoms with Gasteiger partial charge < -0.3 is 39.6 Å². The van der Waals surface area contributed by atoms with E-state index in [1.807, 2.05) is 53.4 Å². The van der Waals surface area contributed by atoms with E-state index >= 15 is 0 Å². The highest BCUT2D eigenvalue weighted by Gasteiger charge is 2.48. The number of β-lactam (4-membered cyclic amide) rings is 1. The third kappa shape index (κ3) is 9.96. The van der Waals surface area contributed by atoms with Crippen LogP contribution in [0.15, 0.2) is 89.7 Å². The quantitative estimate of drug-likeness (QED) is 0.0620. The van der Waals surface area contributed by atoms with E-state index in [1.165, 1.54) is 18.4 Å². The number of aliphatic hydroxyl groups excluding tert-OH is 1. The molecule has 3 heterocycles. The predicted octanol–water partition coefficient (Wildman–Crippen LogP) is 6.02. The van der Waals surface area contributed by atoms with Gasteiger partial charge in [-0.15, -0.1) is 0 Å². The topological polar surface area (TPSA) is 163 Å². The second-order valence-corrected chi connectivity index (χ2v) is 14.8. The fourth-order valence-corrected chi connectivity index (χ4v) is 7.14. The molecule has 4 aromatic rings. The standard InChI is InChI=1S/C42H49FN4O8/c1-27(2)37(40(51)52)46-36(49)24-55-42(25-53-26-42)20-19-29-5-9-31(10-6-29)38-34(17-18-35(48)30-11-13-32(43)14-12-30)39(50)47(38)33-15-7-28(8-16-33)4-3-21-44-41-45-22-23-54-41/h5-16,22-23,27,34-35,37-38,48H,3-4,17-21,24-26H2,1-2H3,(H,44,45)(H,46,49)(H,51,52)/t34-,35?,37?,38-/m1/s1. The molecular weight excluding hydrogens is 707 g/mol. The van der Waals surface area contributed by atoms with E-state index in [1.54, 1.807) is 32.2 Å². The number of benzene rings is 3. The lowest BCUT2D eigenvalue weighted by atomic mass is 9.78. The number of carbonyl (C=O) groups excluding carboxylic acids is 2. The van der Waals surface area contributed by atoms with E-state index < -0.39 is 29.6 Å². The number of oxazole rings is 1. The molecule has 2 saturated heterocycles. The average molecular weight is 757 g/mol. The predicted molar refractivity (Wildman–Crippen MR) is 203 cm³/mol. The SMILES string of the molecule is CC(C)C(NC(=O)COC1(CCc2ccc([C@@H]3[C@@H](CCC(O)c4ccc(F)cc4)C(=O)N3c3ccc(CCCNc4ncco4)cc3)cc2)COC1)C(=O)O. The number of rotatable bonds is 20. The van der Waals surface area contributed by atoms with Crippen molar-refractivity contribution in [1.29, 1.82) is 0 Å². The Morgan fingerprint density at radius 1 is 1.02 bits per heavy atom. The third-order valence-electron chi connectivity index (χ3n) is 10.5. The molecule has 0 aliphatic carbocycles. The number of amides is 2. The van der Waals surface area contributed by atoms with E-state index in [9.17, 15) is 29.0 Å². The van der Waals surface area contributed by atoms with Gasteiger partial charge in [-0.25, -0.2) is 14.2 Å². The largest absolute Gasteiger partial charge is 0.480 e. The Kier molecular flexibility index (Phi) is 13.0. The van der Waals surface area contributed by atoms with Gasteiger partial charge in [0, 0.05) is 12.2 Å². The van der Waals surface area contributed by atoms with Gasteiger partial charge in [0.15, 0.2) is 0 Å². The van der Waals surface area contributed by atoms with Gasteiger partial charge in [0.25, 0.3) is 6.01 Å². The minimum absolute atomic E-state index is 0.0144. The fraction of sp³-hybridized carbons (Fsp3) is 0.429. The maximum Gasteiger partial charge on any atom is 0.326 e. The molecule has 4 N–H and O–H groups in total. The first-order chi connectivity index (χ1) is 26.5. The van der Waals surface area contributed by atoms with Crippen LogP contribution < -0.4 is 15.5 Å². The summed E-state index contributed by atoms with van der Waals surface area (Å²) in [5.41, 5.74) is 3.93. The van der Waals surface area contributed by atoms with Crippen molar-refractivity contribution in [2.24, 2.45) is 11.8 Å². The molecule has 2 aliphatic rings. The van der Waals surface area contributed by atoms with E-state index in [0.29, 0.717) is 57.0 Å². The molecule has 2 amide bonds. The second kappa shape index (κ2) is 18.0. The molecule has 6 rings (SSSR count). The zero-order chi connectivity index (χ0) is 39.0. The molecule has 3 aromatic carbocycles. The average Bonchev–Trinajstić information content (AvgIpc) is 3.68. The number of nitrogens with zero attached hydrogens (tertiary/aromatic N) is 2. The maximum atomic E-state index is 13.8. The van der Waals surface area contributed by atoms with E-state index in [2.05, 4.69) is 15.6 Å². The number of aromatic nitrogens is 1. The lowest BCUT2D eigenvalue weighted by Gasteiger charge is -2.48. The molecular formula is C42H49FN4O8. The van der Waals surface area contributed by atoms with E-state index in [-0.39, 0.29) is 36.2 Å². The molecule has 0 bridgehead atoms. The van der Waals surface area contributed by atoms with Crippen molar-refractivity contribution in [3.8, 4) is 0 Å². The van der Waals surface area contributed by atoms with Crippen LogP contribution in [0.1, 0.15) is 73.9 Å². The number of halogens is 1. The summed E-state index contributed by atoms with van der Waals surface area (Å²) in [5, 5.41) is 26.0. The molecule has 4 atom stereocenters. The molecule has 55 heavy (non-hydrogen) atoms. The Bertz CT molecular complexity index is 1860. The van der Waals surface area contributed by atoms with Gasteiger partial charge in [0.2, 0.25) is 11.8 Å². The van der Waals surface area contributed by atoms with Crippen molar-refractivity contribution in [2.45, 2.75) is 76.2 Å². The number of carboxylic acids is 1. The van der Waals surface area contributed by atoms with Gasteiger partial charge in [-0.05, 0) is 91.0 Å². The van der Waals surface area contributed by atoms with Crippen LogP contribution in [0, 0.1) is 17.7 Å². The Labute approximate surface area is 320 Å². The first-order valence-electron chi connectivity index (χ1n) is 18.8. The van der Waals surface area contributed by atoms with Gasteiger partial charge in [0.1, 0.15) is 30.3 Å². The number of aryl methyl sites for hydroxylation is 2. The summed E-state index contributed by atoms with van der Waals surface area (Å²) in [7, 11) is 0. The van der Waals surface area contributed by atoms with Gasteiger partial charge in [-0.1, -0.05) is 62.4 Å². The van der Waals surface area contributed by atoms with Crippen LogP contribution in [0.4, 0.5) is 16.1 Å². The molecule has 12 nitrogen and oxygen atoms in total. The Balaban J connectivity index is 1.09. The van der Waals surface area contributed by atoms with Gasteiger partial charge in [0.05, 0.1) is 37.5 Å². The van der Waals surface area contributed by atoms with Crippen LogP contribution in [-0.2, 0) is 36.7 Å². The highest BCUT2D eigenvalue weighted by Crippen LogP contribution is 2.46. The highest BCUT2D eigenvalue weighted by atomic mass is 19.1. The number of nitrogens with one attached hydrogen (secondary N) is 2. The molecule has 2 unspecified atom stereocenters. The second-order valence-electron chi connectivity index (χ2n) is 14.8. The number of hydrogen-bond donors (Lipinski definition) is 4. The summed E-state index contributed by atoms with van der Waals surface area (Å²) >= 11 is 0. The fourth-order valence-electron chi connectivity index (χ4n) is 7.14. The Morgan fingerprint density at radius 3 is 2.33 bits per heavy atom. The molecule has 292 valence electrons. The van der Waals surface area contributed by atoms with Crippen molar-refractivity contribution >= 4 is 29.5 Å². The molecule has 2 fully saturated rings. The third-order valence-corrected chi connectivity index (χ3v) is 10.5. The lowest BCUT2D eigenvalue weighted by Crippen LogP contribution is -2.55. The number of aliphatic hydroxyl groups is 1. The first kappa shape index (κ1) is 39.6. The van der Waals surface area contributed by atoms with Crippen molar-refractivity contribution < 1.29 is 42.9 Å². The molecule has 0 saturated carbocycles. The lowest BCUT2D eigenvalue weighted by molar-refractivity contribution is -0.212. The van der Waals surface area contributed by atoms with Gasteiger partial charge in [-0.3, -0.25) is 9.59 Å². The first-order valence-corrected chi connectivity index (χ1v) is 18.8. The molecule has 1 aromatic heterocycles. The van der Waals surface area contributed by atoms with Crippen LogP contribution in [0.2, 0.25) is 0 Å². The Morgan fingerprint density at radius 2 is 1.71 bits per heavy atom. The molecule has 2 aliphatic heterocycles. The normalized spacial score (nSPS) is 18.6. The van der Waals surface area contributed by atoms with Crippen LogP contribution in [0.3, 0.4) is 0 Å². The van der Waals surface area contributed by atoms with Crippen LogP contribution in [0.5, 0.6) is 0 Å². The van der Waals surface area contributed by atoms with Gasteiger partial charge in [-0.2, -0.15) is 0 Å². The monoisotopic (exact) mass is 756 g/mol. The van der Waals surface area contributed by atoms with Crippen molar-refractivity contribution in [3.63, 3.8) is 0 Å². The smallest absolute Gasteiger partial charge is 0.326 e. The van der Waals surface area contributed by atoms with Crippen molar-refractivity contribution in [2.75, 3.05) is 36.6 Å². The minimum Gasteiger partial charge on any atom is -0.480 e.